The third-order valence-corrected chi connectivity index (χ3v) is 11.4. The Hall–Kier alpha value is -2.03. The molecule has 0 spiro atoms. The van der Waals surface area contributed by atoms with Crippen molar-refractivity contribution in [2.24, 2.45) is 0 Å². The van der Waals surface area contributed by atoms with Gasteiger partial charge in [-0.05, 0) is 32.3 Å². The molecule has 3 aromatic carbocycles. The van der Waals surface area contributed by atoms with Crippen LogP contribution in [0.25, 0.3) is 0 Å². The van der Waals surface area contributed by atoms with E-state index < -0.39 is 8.07 Å². The first-order chi connectivity index (χ1) is 12.8. The number of thioether (sulfide) groups is 1. The van der Waals surface area contributed by atoms with Crippen molar-refractivity contribution in [3.05, 3.63) is 102 Å². The van der Waals surface area contributed by atoms with Crippen LogP contribution in [0.2, 0.25) is 0 Å². The summed E-state index contributed by atoms with van der Waals surface area (Å²) >= 11 is 1.96. The largest absolute Gasteiger partial charge is 0.185 e. The normalized spacial score (nSPS) is 11.3. The Bertz CT molecular complexity index is 716. The topological polar surface area (TPSA) is 0 Å². The molecule has 0 N–H and O–H groups in total. The van der Waals surface area contributed by atoms with Crippen molar-refractivity contribution < 1.29 is 0 Å². The molecule has 3 aromatic rings. The average Bonchev–Trinajstić information content (AvgIpc) is 2.71. The summed E-state index contributed by atoms with van der Waals surface area (Å²) in [6.45, 7) is 6.90. The Morgan fingerprint density at radius 2 is 1.12 bits per heavy atom. The summed E-state index contributed by atoms with van der Waals surface area (Å²) in [7, 11) is -2.31. The molecule has 0 saturated heterocycles. The third-order valence-electron chi connectivity index (χ3n) is 4.81. The Morgan fingerprint density at radius 3 is 1.46 bits per heavy atom. The number of unbranched alkanes of at least 4 members (excludes halogenated alkanes) is 1. The zero-order valence-electron chi connectivity index (χ0n) is 15.4. The van der Waals surface area contributed by atoms with E-state index in [4.69, 9.17) is 0 Å². The van der Waals surface area contributed by atoms with Crippen LogP contribution in [0.1, 0.15) is 19.8 Å². The lowest BCUT2D eigenvalue weighted by molar-refractivity contribution is 0.897. The van der Waals surface area contributed by atoms with Gasteiger partial charge in [-0.2, -0.15) is 0 Å². The molecule has 2 heteroatoms. The van der Waals surface area contributed by atoms with E-state index in [0.29, 0.717) is 0 Å². The highest BCUT2D eigenvalue weighted by Gasteiger charge is 2.42. The molecule has 0 aliphatic carbocycles. The smallest absolute Gasteiger partial charge is 0.134 e. The summed E-state index contributed by atoms with van der Waals surface area (Å²) < 4.78 is 1.33. The highest BCUT2D eigenvalue weighted by molar-refractivity contribution is 8.05. The summed E-state index contributed by atoms with van der Waals surface area (Å²) in [4.78, 5) is 0. The zero-order chi connectivity index (χ0) is 18.2. The van der Waals surface area contributed by atoms with Gasteiger partial charge in [-0.1, -0.05) is 111 Å². The summed E-state index contributed by atoms with van der Waals surface area (Å²) in [5.41, 5.74) is 0. The fourth-order valence-electron chi connectivity index (χ4n) is 3.50. The predicted molar refractivity (Wildman–Crippen MR) is 120 cm³/mol. The van der Waals surface area contributed by atoms with Crippen LogP contribution < -0.4 is 15.6 Å². The fourth-order valence-corrected chi connectivity index (χ4v) is 10.5. The van der Waals surface area contributed by atoms with Crippen LogP contribution in [0.15, 0.2) is 102 Å². The van der Waals surface area contributed by atoms with Gasteiger partial charge in [0.15, 0.2) is 8.07 Å². The van der Waals surface area contributed by atoms with Gasteiger partial charge in [0, 0.05) is 0 Å². The highest BCUT2D eigenvalue weighted by Crippen LogP contribution is 2.26. The number of benzene rings is 3. The lowest BCUT2D eigenvalue weighted by Gasteiger charge is -2.35. The quantitative estimate of drug-likeness (QED) is 0.312. The van der Waals surface area contributed by atoms with E-state index in [9.17, 15) is 0 Å². The third kappa shape index (κ3) is 3.72. The molecule has 0 nitrogen and oxygen atoms in total. The first-order valence-corrected chi connectivity index (χ1v) is 12.3. The van der Waals surface area contributed by atoms with Crippen LogP contribution in [0.3, 0.4) is 0 Å². The van der Waals surface area contributed by atoms with Crippen LogP contribution in [-0.4, -0.2) is 13.8 Å². The van der Waals surface area contributed by atoms with Gasteiger partial charge in [0.05, 0.1) is 0 Å². The van der Waals surface area contributed by atoms with E-state index >= 15 is 0 Å². The zero-order valence-corrected chi connectivity index (χ0v) is 17.2. The van der Waals surface area contributed by atoms with Gasteiger partial charge in [-0.3, -0.25) is 0 Å². The Balaban J connectivity index is 2.23. The van der Waals surface area contributed by atoms with E-state index in [-0.39, 0.29) is 0 Å². The number of hydrogen-bond acceptors (Lipinski definition) is 1. The van der Waals surface area contributed by atoms with Crippen molar-refractivity contribution in [3.63, 3.8) is 0 Å². The molecule has 26 heavy (non-hydrogen) atoms. The van der Waals surface area contributed by atoms with Crippen molar-refractivity contribution in [3.8, 4) is 0 Å². The van der Waals surface area contributed by atoms with Crippen molar-refractivity contribution >= 4 is 35.4 Å². The monoisotopic (exact) mass is 374 g/mol. The van der Waals surface area contributed by atoms with Gasteiger partial charge in [-0.25, -0.2) is 0 Å². The van der Waals surface area contributed by atoms with Crippen molar-refractivity contribution in [2.45, 2.75) is 19.8 Å². The molecule has 0 unspecified atom stereocenters. The molecule has 0 bridgehead atoms. The molecule has 3 rings (SSSR count). The molecule has 132 valence electrons. The number of hydrogen-bond donors (Lipinski definition) is 0. The fraction of sp³-hybridized carbons (Fsp3) is 0.167. The molecule has 0 fully saturated rings. The number of rotatable bonds is 8. The maximum atomic E-state index is 4.65. The summed E-state index contributed by atoms with van der Waals surface area (Å²) in [6.07, 6.45) is 2.45. The summed E-state index contributed by atoms with van der Waals surface area (Å²) in [5.74, 6) is 1.14. The van der Waals surface area contributed by atoms with Gasteiger partial charge < -0.3 is 0 Å². The van der Waals surface area contributed by atoms with E-state index in [1.54, 1.807) is 0 Å². The standard InChI is InChI=1S/C24H26SSi/c1-3-4-20-25-21(2)26(22-14-8-5-9-15-22,23-16-10-6-11-17-23)24-18-12-7-13-19-24/h5-19H,2-4,20H2,1H3. The Kier molecular flexibility index (Phi) is 6.54. The lowest BCUT2D eigenvalue weighted by atomic mass is 10.3. The maximum absolute atomic E-state index is 4.65. The minimum Gasteiger partial charge on any atom is -0.134 e. The molecular weight excluding hydrogens is 348 g/mol. The first kappa shape index (κ1) is 18.7. The second-order valence-electron chi connectivity index (χ2n) is 6.47. The van der Waals surface area contributed by atoms with Gasteiger partial charge in [0.1, 0.15) is 0 Å². The molecule has 0 aliphatic heterocycles. The molecule has 0 aromatic heterocycles. The van der Waals surface area contributed by atoms with Crippen LogP contribution in [0.5, 0.6) is 0 Å². The Labute approximate surface area is 163 Å². The van der Waals surface area contributed by atoms with Gasteiger partial charge >= 0.3 is 0 Å². The molecule has 0 atom stereocenters. The van der Waals surface area contributed by atoms with Crippen LogP contribution >= 0.6 is 11.8 Å². The molecule has 0 radical (unpaired) electrons. The second-order valence-corrected chi connectivity index (χ2v) is 11.9. The van der Waals surface area contributed by atoms with Crippen molar-refractivity contribution in [1.82, 2.24) is 0 Å². The van der Waals surface area contributed by atoms with Crippen molar-refractivity contribution in [1.29, 1.82) is 0 Å². The minimum atomic E-state index is -2.31. The molecule has 0 amide bonds. The van der Waals surface area contributed by atoms with Crippen LogP contribution in [0.4, 0.5) is 0 Å². The van der Waals surface area contributed by atoms with Gasteiger partial charge in [0.2, 0.25) is 0 Å². The van der Waals surface area contributed by atoms with Crippen LogP contribution in [-0.2, 0) is 0 Å². The van der Waals surface area contributed by atoms with E-state index in [1.165, 1.54) is 32.9 Å². The van der Waals surface area contributed by atoms with E-state index in [1.807, 2.05) is 11.8 Å². The van der Waals surface area contributed by atoms with E-state index in [2.05, 4.69) is 104 Å². The van der Waals surface area contributed by atoms with Crippen LogP contribution in [0, 0.1) is 0 Å². The highest BCUT2D eigenvalue weighted by atomic mass is 32.2. The lowest BCUT2D eigenvalue weighted by Crippen LogP contribution is -2.68. The minimum absolute atomic E-state index is 1.14. The molecular formula is C24H26SSi. The SMILES string of the molecule is C=C(SCCCC)[Si](c1ccccc1)(c1ccccc1)c1ccccc1. The maximum Gasteiger partial charge on any atom is 0.185 e. The summed E-state index contributed by atoms with van der Waals surface area (Å²) in [5, 5.41) is 4.23. The molecule has 0 heterocycles. The predicted octanol–water partition coefficient (Wildman–Crippen LogP) is 4.74. The first-order valence-electron chi connectivity index (χ1n) is 9.29. The molecule has 0 aliphatic rings. The van der Waals surface area contributed by atoms with Gasteiger partial charge in [0.25, 0.3) is 0 Å². The van der Waals surface area contributed by atoms with Crippen molar-refractivity contribution in [2.75, 3.05) is 5.75 Å². The average molecular weight is 375 g/mol. The molecule has 0 saturated carbocycles. The van der Waals surface area contributed by atoms with Gasteiger partial charge in [-0.15, -0.1) is 11.8 Å². The van der Waals surface area contributed by atoms with E-state index in [0.717, 1.165) is 5.75 Å². The second kappa shape index (κ2) is 9.06. The Morgan fingerprint density at radius 1 is 0.731 bits per heavy atom. The summed E-state index contributed by atoms with van der Waals surface area (Å²) in [6, 6.07) is 33.0.